The van der Waals surface area contributed by atoms with Crippen molar-refractivity contribution in [2.45, 2.75) is 37.8 Å². The molecule has 3 N–H and O–H groups in total. The van der Waals surface area contributed by atoms with Gasteiger partial charge in [-0.15, -0.1) is 0 Å². The van der Waals surface area contributed by atoms with Crippen LogP contribution >= 0.6 is 0 Å². The SMILES string of the molecule is CC(N)CCN(CCCNC(=O)OCC1c2ccccc2-c2ccccc21)C(=O)OC1c2ccccc2-c2ccccc21. The van der Waals surface area contributed by atoms with E-state index in [0.717, 1.165) is 22.3 Å². The number of rotatable bonds is 10. The van der Waals surface area contributed by atoms with Gasteiger partial charge in [0.25, 0.3) is 0 Å². The fourth-order valence-corrected chi connectivity index (χ4v) is 6.18. The molecule has 7 heteroatoms. The molecule has 4 aromatic carbocycles. The van der Waals surface area contributed by atoms with Crippen LogP contribution < -0.4 is 11.1 Å². The summed E-state index contributed by atoms with van der Waals surface area (Å²) in [6, 6.07) is 32.5. The first-order valence-electron chi connectivity index (χ1n) is 15.0. The molecule has 7 nitrogen and oxygen atoms in total. The molecule has 1 atom stereocenters. The Balaban J connectivity index is 1.03. The molecule has 0 heterocycles. The molecule has 2 amide bonds. The lowest BCUT2D eigenvalue weighted by molar-refractivity contribution is 0.0775. The normalized spacial score (nSPS) is 13.8. The van der Waals surface area contributed by atoms with Crippen molar-refractivity contribution in [3.8, 4) is 22.3 Å². The second-order valence-corrected chi connectivity index (χ2v) is 11.3. The second kappa shape index (κ2) is 12.7. The van der Waals surface area contributed by atoms with E-state index in [0.29, 0.717) is 32.5 Å². The molecule has 0 aliphatic heterocycles. The zero-order valence-corrected chi connectivity index (χ0v) is 24.4. The molecule has 0 fully saturated rings. The van der Waals surface area contributed by atoms with E-state index in [1.54, 1.807) is 4.90 Å². The Morgan fingerprint density at radius 2 is 1.26 bits per heavy atom. The van der Waals surface area contributed by atoms with Crippen LogP contribution in [-0.4, -0.2) is 49.4 Å². The first kappa shape index (κ1) is 28.5. The van der Waals surface area contributed by atoms with Gasteiger partial charge < -0.3 is 25.4 Å². The summed E-state index contributed by atoms with van der Waals surface area (Å²) >= 11 is 0. The first-order valence-corrected chi connectivity index (χ1v) is 15.0. The molecule has 0 radical (unpaired) electrons. The lowest BCUT2D eigenvalue weighted by Gasteiger charge is -2.25. The number of nitrogens with zero attached hydrogens (tertiary/aromatic N) is 1. The van der Waals surface area contributed by atoms with E-state index in [9.17, 15) is 9.59 Å². The summed E-state index contributed by atoms with van der Waals surface area (Å²) in [5.74, 6) is 0.00696. The van der Waals surface area contributed by atoms with Crippen molar-refractivity contribution in [2.75, 3.05) is 26.2 Å². The Labute approximate surface area is 252 Å². The summed E-state index contributed by atoms with van der Waals surface area (Å²) < 4.78 is 11.8. The average Bonchev–Trinajstić information content (AvgIpc) is 3.52. The molecule has 1 unspecified atom stereocenters. The number of benzene rings is 4. The van der Waals surface area contributed by atoms with Crippen LogP contribution in [0.3, 0.4) is 0 Å². The Bertz CT molecular complexity index is 1530. The number of hydrogen-bond acceptors (Lipinski definition) is 5. The maximum absolute atomic E-state index is 13.5. The molecular formula is C36H37N3O4. The quantitative estimate of drug-likeness (QED) is 0.202. The zero-order chi connectivity index (χ0) is 29.8. The van der Waals surface area contributed by atoms with Crippen molar-refractivity contribution in [1.29, 1.82) is 0 Å². The Morgan fingerprint density at radius 1 is 0.767 bits per heavy atom. The molecule has 0 spiro atoms. The molecule has 0 bridgehead atoms. The van der Waals surface area contributed by atoms with E-state index < -0.39 is 18.3 Å². The van der Waals surface area contributed by atoms with Gasteiger partial charge in [0, 0.05) is 42.7 Å². The third-order valence-electron chi connectivity index (χ3n) is 8.33. The van der Waals surface area contributed by atoms with Gasteiger partial charge >= 0.3 is 12.2 Å². The van der Waals surface area contributed by atoms with Gasteiger partial charge in [0.15, 0.2) is 6.10 Å². The number of nitrogens with one attached hydrogen (secondary N) is 1. The predicted octanol–water partition coefficient (Wildman–Crippen LogP) is 6.86. The molecule has 2 aliphatic carbocycles. The summed E-state index contributed by atoms with van der Waals surface area (Å²) in [7, 11) is 0. The second-order valence-electron chi connectivity index (χ2n) is 11.3. The fraction of sp³-hybridized carbons (Fsp3) is 0.278. The number of carbonyl (C=O) groups excluding carboxylic acids is 2. The monoisotopic (exact) mass is 575 g/mol. The minimum absolute atomic E-state index is 0.00696. The molecule has 4 aromatic rings. The van der Waals surface area contributed by atoms with E-state index in [4.69, 9.17) is 15.2 Å². The number of ether oxygens (including phenoxy) is 2. The zero-order valence-electron chi connectivity index (χ0n) is 24.4. The highest BCUT2D eigenvalue weighted by Crippen LogP contribution is 2.46. The van der Waals surface area contributed by atoms with Gasteiger partial charge in [-0.1, -0.05) is 97.1 Å². The predicted molar refractivity (Wildman–Crippen MR) is 168 cm³/mol. The number of nitrogens with two attached hydrogens (primary N) is 1. The minimum Gasteiger partial charge on any atom is -0.449 e. The van der Waals surface area contributed by atoms with Crippen LogP contribution in [0.5, 0.6) is 0 Å². The van der Waals surface area contributed by atoms with Crippen LogP contribution in [-0.2, 0) is 9.47 Å². The number of carbonyl (C=O) groups is 2. The summed E-state index contributed by atoms with van der Waals surface area (Å²) in [5.41, 5.74) is 14.9. The minimum atomic E-state index is -0.467. The lowest BCUT2D eigenvalue weighted by atomic mass is 9.98. The standard InChI is InChI=1S/C36H37N3O4/c1-24(37)19-22-39(36(41)43-34-31-17-8-6-13-27(31)28-14-7-9-18-32(28)34)21-10-20-38-35(40)42-23-33-29-15-4-2-11-25(29)26-12-3-5-16-30(26)33/h2-9,11-18,24,33-34H,10,19-23,37H2,1H3,(H,38,40). The van der Waals surface area contributed by atoms with Crippen LogP contribution in [0.4, 0.5) is 9.59 Å². The van der Waals surface area contributed by atoms with Gasteiger partial charge in [-0.3, -0.25) is 0 Å². The van der Waals surface area contributed by atoms with Crippen LogP contribution in [0.25, 0.3) is 22.3 Å². The van der Waals surface area contributed by atoms with Crippen molar-refractivity contribution in [3.05, 3.63) is 119 Å². The topological polar surface area (TPSA) is 93.9 Å². The highest BCUT2D eigenvalue weighted by molar-refractivity contribution is 5.80. The number of fused-ring (bicyclic) bond motifs is 6. The fourth-order valence-electron chi connectivity index (χ4n) is 6.18. The number of hydrogen-bond donors (Lipinski definition) is 2. The highest BCUT2D eigenvalue weighted by Gasteiger charge is 2.32. The van der Waals surface area contributed by atoms with Crippen LogP contribution in [0.2, 0.25) is 0 Å². The van der Waals surface area contributed by atoms with Crippen molar-refractivity contribution in [2.24, 2.45) is 5.73 Å². The van der Waals surface area contributed by atoms with Crippen molar-refractivity contribution >= 4 is 12.2 Å². The maximum atomic E-state index is 13.5. The number of amides is 2. The summed E-state index contributed by atoms with van der Waals surface area (Å²) in [5, 5.41) is 2.85. The highest BCUT2D eigenvalue weighted by atomic mass is 16.6. The van der Waals surface area contributed by atoms with Crippen molar-refractivity contribution in [1.82, 2.24) is 10.2 Å². The van der Waals surface area contributed by atoms with Crippen LogP contribution in [0.15, 0.2) is 97.1 Å². The molecule has 0 saturated heterocycles. The van der Waals surface area contributed by atoms with Gasteiger partial charge in [-0.05, 0) is 53.1 Å². The van der Waals surface area contributed by atoms with Gasteiger partial charge in [0.05, 0.1) is 0 Å². The van der Waals surface area contributed by atoms with E-state index >= 15 is 0 Å². The largest absolute Gasteiger partial charge is 0.449 e. The molecule has 6 rings (SSSR count). The van der Waals surface area contributed by atoms with E-state index in [-0.39, 0.29) is 18.6 Å². The third kappa shape index (κ3) is 5.99. The summed E-state index contributed by atoms with van der Waals surface area (Å²) in [6.07, 6.45) is -0.122. The molecule has 43 heavy (non-hydrogen) atoms. The molecule has 220 valence electrons. The van der Waals surface area contributed by atoms with Gasteiger partial charge in [0.1, 0.15) is 6.61 Å². The van der Waals surface area contributed by atoms with E-state index in [1.807, 2.05) is 67.6 Å². The van der Waals surface area contributed by atoms with Gasteiger partial charge in [-0.25, -0.2) is 9.59 Å². The van der Waals surface area contributed by atoms with Gasteiger partial charge in [0.2, 0.25) is 0 Å². The average molecular weight is 576 g/mol. The maximum Gasteiger partial charge on any atom is 0.410 e. The van der Waals surface area contributed by atoms with Crippen molar-refractivity contribution < 1.29 is 19.1 Å². The third-order valence-corrected chi connectivity index (χ3v) is 8.33. The number of alkyl carbamates (subject to hydrolysis) is 1. The smallest absolute Gasteiger partial charge is 0.410 e. The van der Waals surface area contributed by atoms with Crippen LogP contribution in [0.1, 0.15) is 54.0 Å². The molecule has 0 aromatic heterocycles. The summed E-state index contributed by atoms with van der Waals surface area (Å²) in [4.78, 5) is 27.8. The van der Waals surface area contributed by atoms with E-state index in [2.05, 4.69) is 41.7 Å². The Hall–Kier alpha value is -4.62. The Morgan fingerprint density at radius 3 is 1.79 bits per heavy atom. The lowest BCUT2D eigenvalue weighted by Crippen LogP contribution is -2.38. The first-order chi connectivity index (χ1) is 21.0. The van der Waals surface area contributed by atoms with E-state index in [1.165, 1.54) is 22.3 Å². The van der Waals surface area contributed by atoms with Gasteiger partial charge in [-0.2, -0.15) is 0 Å². The molecular weight excluding hydrogens is 538 g/mol. The Kier molecular flexibility index (Phi) is 8.43. The molecule has 2 aliphatic rings. The summed E-state index contributed by atoms with van der Waals surface area (Å²) in [6.45, 7) is 3.44. The van der Waals surface area contributed by atoms with Crippen LogP contribution in [0, 0.1) is 0 Å². The molecule has 0 saturated carbocycles. The van der Waals surface area contributed by atoms with Crippen molar-refractivity contribution in [3.63, 3.8) is 0 Å².